The summed E-state index contributed by atoms with van der Waals surface area (Å²) in [6.07, 6.45) is 3.33. The minimum Gasteiger partial charge on any atom is -0.306 e. The zero-order chi connectivity index (χ0) is 14.0. The maximum Gasteiger partial charge on any atom is 0.137 e. The molecule has 1 heterocycles. The zero-order valence-corrected chi connectivity index (χ0v) is 13.1. The van der Waals surface area contributed by atoms with Gasteiger partial charge in [-0.2, -0.15) is 0 Å². The predicted octanol–water partition coefficient (Wildman–Crippen LogP) is 2.12. The highest BCUT2D eigenvalue weighted by atomic mass is 16.1. The Morgan fingerprint density at radius 1 is 1.32 bits per heavy atom. The standard InChI is InChI=1S/C16H30N2O/c1-12-7-13(2)15(16(19)8-12)11-18(4)10-14-5-6-17(3)9-14/h12-15H,5-11H2,1-4H3. The van der Waals surface area contributed by atoms with Gasteiger partial charge in [-0.25, -0.2) is 0 Å². The highest BCUT2D eigenvalue weighted by Crippen LogP contribution is 2.31. The molecule has 4 unspecified atom stereocenters. The molecule has 0 bridgehead atoms. The molecule has 2 rings (SSSR count). The third kappa shape index (κ3) is 4.03. The van der Waals surface area contributed by atoms with Crippen LogP contribution in [0, 0.1) is 23.7 Å². The van der Waals surface area contributed by atoms with Gasteiger partial charge in [-0.15, -0.1) is 0 Å². The fourth-order valence-electron chi connectivity index (χ4n) is 4.00. The van der Waals surface area contributed by atoms with Crippen molar-refractivity contribution in [3.05, 3.63) is 0 Å². The quantitative estimate of drug-likeness (QED) is 0.779. The molecule has 0 aromatic rings. The lowest BCUT2D eigenvalue weighted by atomic mass is 9.74. The molecule has 4 atom stereocenters. The molecule has 0 spiro atoms. The first-order valence-electron chi connectivity index (χ1n) is 7.85. The Hall–Kier alpha value is -0.410. The number of rotatable bonds is 4. The number of hydrogen-bond donors (Lipinski definition) is 0. The van der Waals surface area contributed by atoms with E-state index in [0.29, 0.717) is 17.6 Å². The van der Waals surface area contributed by atoms with Crippen LogP contribution in [0.15, 0.2) is 0 Å². The van der Waals surface area contributed by atoms with Crippen LogP contribution in [-0.2, 0) is 4.79 Å². The van der Waals surface area contributed by atoms with Crippen LogP contribution in [0.5, 0.6) is 0 Å². The van der Waals surface area contributed by atoms with Gasteiger partial charge in [0.25, 0.3) is 0 Å². The predicted molar refractivity (Wildman–Crippen MR) is 79.2 cm³/mol. The Kier molecular flexibility index (Phi) is 5.02. The van der Waals surface area contributed by atoms with E-state index in [2.05, 4.69) is 37.7 Å². The minimum absolute atomic E-state index is 0.278. The molecule has 19 heavy (non-hydrogen) atoms. The van der Waals surface area contributed by atoms with E-state index in [9.17, 15) is 4.79 Å². The minimum atomic E-state index is 0.278. The van der Waals surface area contributed by atoms with Gasteiger partial charge in [0, 0.05) is 32.0 Å². The molecular formula is C16H30N2O. The van der Waals surface area contributed by atoms with Crippen molar-refractivity contribution >= 4 is 5.78 Å². The first-order valence-corrected chi connectivity index (χ1v) is 7.85. The normalized spacial score (nSPS) is 37.2. The molecule has 3 heteroatoms. The lowest BCUT2D eigenvalue weighted by molar-refractivity contribution is -0.128. The topological polar surface area (TPSA) is 23.6 Å². The van der Waals surface area contributed by atoms with Gasteiger partial charge in [-0.05, 0) is 51.2 Å². The summed E-state index contributed by atoms with van der Waals surface area (Å²) in [5, 5.41) is 0. The molecule has 0 aromatic heterocycles. The van der Waals surface area contributed by atoms with E-state index in [4.69, 9.17) is 0 Å². The lowest BCUT2D eigenvalue weighted by Crippen LogP contribution is -2.40. The van der Waals surface area contributed by atoms with Gasteiger partial charge in [0.05, 0.1) is 0 Å². The highest BCUT2D eigenvalue weighted by molar-refractivity contribution is 5.82. The fraction of sp³-hybridized carbons (Fsp3) is 0.938. The van der Waals surface area contributed by atoms with Crippen LogP contribution in [0.2, 0.25) is 0 Å². The van der Waals surface area contributed by atoms with Crippen molar-refractivity contribution < 1.29 is 4.79 Å². The lowest BCUT2D eigenvalue weighted by Gasteiger charge is -2.34. The molecule has 0 amide bonds. The summed E-state index contributed by atoms with van der Waals surface area (Å²) in [5.41, 5.74) is 0. The van der Waals surface area contributed by atoms with Crippen molar-refractivity contribution in [3.8, 4) is 0 Å². The molecule has 3 nitrogen and oxygen atoms in total. The largest absolute Gasteiger partial charge is 0.306 e. The highest BCUT2D eigenvalue weighted by Gasteiger charge is 2.33. The van der Waals surface area contributed by atoms with E-state index in [0.717, 1.165) is 25.4 Å². The molecule has 110 valence electrons. The summed E-state index contributed by atoms with van der Waals surface area (Å²) in [6, 6.07) is 0. The summed E-state index contributed by atoms with van der Waals surface area (Å²) >= 11 is 0. The smallest absolute Gasteiger partial charge is 0.137 e. The van der Waals surface area contributed by atoms with Crippen LogP contribution < -0.4 is 0 Å². The van der Waals surface area contributed by atoms with Crippen LogP contribution in [0.3, 0.4) is 0 Å². The van der Waals surface area contributed by atoms with E-state index in [-0.39, 0.29) is 5.92 Å². The van der Waals surface area contributed by atoms with Gasteiger partial charge in [0.2, 0.25) is 0 Å². The zero-order valence-electron chi connectivity index (χ0n) is 13.1. The molecule has 1 aliphatic heterocycles. The Balaban J connectivity index is 1.81. The number of carbonyl (C=O) groups excluding carboxylic acids is 1. The van der Waals surface area contributed by atoms with E-state index < -0.39 is 0 Å². The summed E-state index contributed by atoms with van der Waals surface area (Å²) in [7, 11) is 4.39. The van der Waals surface area contributed by atoms with Gasteiger partial charge in [-0.3, -0.25) is 4.79 Å². The van der Waals surface area contributed by atoms with Crippen molar-refractivity contribution in [2.75, 3.05) is 40.3 Å². The van der Waals surface area contributed by atoms with Crippen LogP contribution in [0.25, 0.3) is 0 Å². The summed E-state index contributed by atoms with van der Waals surface area (Å²) in [6.45, 7) is 9.03. The van der Waals surface area contributed by atoms with Gasteiger partial charge >= 0.3 is 0 Å². The first-order chi connectivity index (χ1) is 8.95. The number of carbonyl (C=O) groups is 1. The fourth-order valence-corrected chi connectivity index (χ4v) is 4.00. The molecule has 0 aromatic carbocycles. The monoisotopic (exact) mass is 266 g/mol. The maximum atomic E-state index is 12.2. The molecule has 1 saturated carbocycles. The van der Waals surface area contributed by atoms with Gasteiger partial charge in [0.15, 0.2) is 0 Å². The van der Waals surface area contributed by atoms with E-state index in [1.807, 2.05) is 0 Å². The van der Waals surface area contributed by atoms with Gasteiger partial charge < -0.3 is 9.80 Å². The number of likely N-dealkylation sites (tertiary alicyclic amines) is 1. The van der Waals surface area contributed by atoms with Gasteiger partial charge in [0.1, 0.15) is 5.78 Å². The number of hydrogen-bond acceptors (Lipinski definition) is 3. The molecule has 0 N–H and O–H groups in total. The average molecular weight is 266 g/mol. The second-order valence-corrected chi connectivity index (χ2v) is 7.23. The number of nitrogens with zero attached hydrogens (tertiary/aromatic N) is 2. The third-order valence-corrected chi connectivity index (χ3v) is 4.99. The second kappa shape index (κ2) is 6.36. The molecule has 1 saturated heterocycles. The van der Waals surface area contributed by atoms with E-state index in [1.165, 1.54) is 25.9 Å². The Labute approximate surface area is 118 Å². The Morgan fingerprint density at radius 3 is 2.63 bits per heavy atom. The van der Waals surface area contributed by atoms with Crippen LogP contribution in [0.4, 0.5) is 0 Å². The van der Waals surface area contributed by atoms with Crippen molar-refractivity contribution in [1.82, 2.24) is 9.80 Å². The SMILES string of the molecule is CC1CC(=O)C(CN(C)CC2CCN(C)C2)C(C)C1. The number of ketones is 1. The molecule has 1 aliphatic carbocycles. The molecule has 0 radical (unpaired) electrons. The van der Waals surface area contributed by atoms with Crippen LogP contribution in [-0.4, -0.2) is 55.9 Å². The van der Waals surface area contributed by atoms with Crippen molar-refractivity contribution in [1.29, 1.82) is 0 Å². The van der Waals surface area contributed by atoms with E-state index >= 15 is 0 Å². The Morgan fingerprint density at radius 2 is 2.05 bits per heavy atom. The molecule has 2 fully saturated rings. The first kappa shape index (κ1) is 15.0. The molecule has 2 aliphatic rings. The maximum absolute atomic E-state index is 12.2. The summed E-state index contributed by atoms with van der Waals surface area (Å²) in [5.74, 6) is 2.72. The van der Waals surface area contributed by atoms with Crippen molar-refractivity contribution in [2.24, 2.45) is 23.7 Å². The van der Waals surface area contributed by atoms with Crippen molar-refractivity contribution in [2.45, 2.75) is 33.1 Å². The molecular weight excluding hydrogens is 236 g/mol. The van der Waals surface area contributed by atoms with E-state index in [1.54, 1.807) is 0 Å². The number of Topliss-reactive ketones (excluding diaryl/α,β-unsaturated/α-hetero) is 1. The van der Waals surface area contributed by atoms with Crippen LogP contribution in [0.1, 0.15) is 33.1 Å². The third-order valence-electron chi connectivity index (χ3n) is 4.99. The summed E-state index contributed by atoms with van der Waals surface area (Å²) < 4.78 is 0. The van der Waals surface area contributed by atoms with Gasteiger partial charge in [-0.1, -0.05) is 13.8 Å². The second-order valence-electron chi connectivity index (χ2n) is 7.23. The van der Waals surface area contributed by atoms with Crippen LogP contribution >= 0.6 is 0 Å². The Bertz CT molecular complexity index is 318. The van der Waals surface area contributed by atoms with Crippen molar-refractivity contribution in [3.63, 3.8) is 0 Å². The average Bonchev–Trinajstić information content (AvgIpc) is 2.69. The summed E-state index contributed by atoms with van der Waals surface area (Å²) in [4.78, 5) is 17.0.